The Hall–Kier alpha value is -1.33. The summed E-state index contributed by atoms with van der Waals surface area (Å²) < 4.78 is 40.5. The molecule has 0 fully saturated rings. The monoisotopic (exact) mass is 362 g/mol. The molecule has 0 aromatic heterocycles. The average molecular weight is 364 g/mol. The highest BCUT2D eigenvalue weighted by Gasteiger charge is 2.16. The Morgan fingerprint density at radius 3 is 2.40 bits per heavy atom. The Bertz CT molecular complexity index is 668. The first-order chi connectivity index (χ1) is 9.36. The maximum absolute atomic E-state index is 13.6. The summed E-state index contributed by atoms with van der Waals surface area (Å²) in [7, 11) is 0. The number of carbonyl (C=O) groups is 1. The molecular weight excluding hydrogens is 357 g/mol. The summed E-state index contributed by atoms with van der Waals surface area (Å²) in [4.78, 5) is 11.9. The standard InChI is InChI=1S/C14H7BrClF3O/c15-8-1-7(2-9(17)4-8)3-14(20)10-5-13(19)11(16)6-12(10)18/h1-2,4-6H,3H2. The van der Waals surface area contributed by atoms with Crippen molar-refractivity contribution in [2.75, 3.05) is 0 Å². The Morgan fingerprint density at radius 2 is 1.75 bits per heavy atom. The zero-order chi connectivity index (χ0) is 14.9. The van der Waals surface area contributed by atoms with Crippen LogP contribution >= 0.6 is 27.5 Å². The fraction of sp³-hybridized carbons (Fsp3) is 0.0714. The number of Topliss-reactive ketones (excluding diaryl/α,β-unsaturated/α-hetero) is 1. The van der Waals surface area contributed by atoms with Crippen LogP contribution in [0.2, 0.25) is 5.02 Å². The molecule has 6 heteroatoms. The van der Waals surface area contributed by atoms with Crippen molar-refractivity contribution in [2.24, 2.45) is 0 Å². The molecule has 0 bridgehead atoms. The van der Waals surface area contributed by atoms with Gasteiger partial charge in [-0.3, -0.25) is 4.79 Å². The number of halogens is 5. The molecule has 2 aromatic rings. The second-order valence-electron chi connectivity index (χ2n) is 4.12. The SMILES string of the molecule is O=C(Cc1cc(F)cc(Br)c1)c1cc(F)c(Cl)cc1F. The summed E-state index contributed by atoms with van der Waals surface area (Å²) in [6, 6.07) is 5.41. The zero-order valence-corrected chi connectivity index (χ0v) is 12.2. The largest absolute Gasteiger partial charge is 0.294 e. The van der Waals surface area contributed by atoms with Gasteiger partial charge in [0.25, 0.3) is 0 Å². The van der Waals surface area contributed by atoms with Crippen LogP contribution < -0.4 is 0 Å². The summed E-state index contributed by atoms with van der Waals surface area (Å²) in [5.41, 5.74) is -0.0519. The third kappa shape index (κ3) is 3.41. The molecule has 0 saturated carbocycles. The molecule has 2 aromatic carbocycles. The summed E-state index contributed by atoms with van der Waals surface area (Å²) in [6.45, 7) is 0. The molecule has 2 rings (SSSR count). The molecule has 0 saturated heterocycles. The van der Waals surface area contributed by atoms with E-state index in [-0.39, 0.29) is 6.42 Å². The smallest absolute Gasteiger partial charge is 0.170 e. The van der Waals surface area contributed by atoms with Gasteiger partial charge in [-0.15, -0.1) is 0 Å². The minimum absolute atomic E-state index is 0.242. The van der Waals surface area contributed by atoms with Gasteiger partial charge < -0.3 is 0 Å². The topological polar surface area (TPSA) is 17.1 Å². The lowest BCUT2D eigenvalue weighted by Gasteiger charge is -2.05. The van der Waals surface area contributed by atoms with E-state index in [4.69, 9.17) is 11.6 Å². The van der Waals surface area contributed by atoms with Crippen LogP contribution in [0, 0.1) is 17.5 Å². The van der Waals surface area contributed by atoms with Gasteiger partial charge >= 0.3 is 0 Å². The quantitative estimate of drug-likeness (QED) is 0.557. The van der Waals surface area contributed by atoms with Crippen molar-refractivity contribution in [3.8, 4) is 0 Å². The van der Waals surface area contributed by atoms with Crippen LogP contribution in [0.4, 0.5) is 13.2 Å². The number of ketones is 1. The average Bonchev–Trinajstić information content (AvgIpc) is 2.32. The number of hydrogen-bond acceptors (Lipinski definition) is 1. The molecule has 0 aliphatic heterocycles. The minimum atomic E-state index is -0.906. The third-order valence-corrected chi connectivity index (χ3v) is 3.34. The zero-order valence-electron chi connectivity index (χ0n) is 9.89. The van der Waals surface area contributed by atoms with Crippen molar-refractivity contribution in [3.63, 3.8) is 0 Å². The first-order valence-corrected chi connectivity index (χ1v) is 6.66. The van der Waals surface area contributed by atoms with Gasteiger partial charge in [0.1, 0.15) is 17.5 Å². The number of benzene rings is 2. The van der Waals surface area contributed by atoms with Crippen LogP contribution in [0.25, 0.3) is 0 Å². The summed E-state index contributed by atoms with van der Waals surface area (Å²) in [5.74, 6) is -2.96. The third-order valence-electron chi connectivity index (χ3n) is 2.60. The molecule has 0 aliphatic carbocycles. The summed E-state index contributed by atoms with van der Waals surface area (Å²) in [6.07, 6.45) is -0.242. The molecule has 104 valence electrons. The van der Waals surface area contributed by atoms with Gasteiger partial charge in [-0.2, -0.15) is 0 Å². The van der Waals surface area contributed by atoms with Crippen molar-refractivity contribution in [2.45, 2.75) is 6.42 Å². The van der Waals surface area contributed by atoms with Crippen molar-refractivity contribution in [1.82, 2.24) is 0 Å². The lowest BCUT2D eigenvalue weighted by Crippen LogP contribution is -2.07. The van der Waals surface area contributed by atoms with Gasteiger partial charge in [0.15, 0.2) is 5.78 Å². The first kappa shape index (κ1) is 15.1. The van der Waals surface area contributed by atoms with E-state index in [0.29, 0.717) is 10.0 Å². The van der Waals surface area contributed by atoms with Crippen LogP contribution in [0.1, 0.15) is 15.9 Å². The number of rotatable bonds is 3. The van der Waals surface area contributed by atoms with Crippen molar-refractivity contribution < 1.29 is 18.0 Å². The van der Waals surface area contributed by atoms with Crippen molar-refractivity contribution >= 4 is 33.3 Å². The highest BCUT2D eigenvalue weighted by atomic mass is 79.9. The minimum Gasteiger partial charge on any atom is -0.294 e. The van der Waals surface area contributed by atoms with Crippen LogP contribution in [0.15, 0.2) is 34.8 Å². The van der Waals surface area contributed by atoms with E-state index in [2.05, 4.69) is 15.9 Å². The van der Waals surface area contributed by atoms with Crippen LogP contribution in [-0.4, -0.2) is 5.78 Å². The van der Waals surface area contributed by atoms with Gasteiger partial charge in [-0.25, -0.2) is 13.2 Å². The molecule has 0 N–H and O–H groups in total. The maximum Gasteiger partial charge on any atom is 0.170 e. The van der Waals surface area contributed by atoms with Gasteiger partial charge in [-0.05, 0) is 35.9 Å². The van der Waals surface area contributed by atoms with Gasteiger partial charge in [0.2, 0.25) is 0 Å². The van der Waals surface area contributed by atoms with E-state index in [1.807, 2.05) is 0 Å². The molecule has 1 nitrogen and oxygen atoms in total. The predicted molar refractivity (Wildman–Crippen MR) is 73.5 cm³/mol. The second-order valence-corrected chi connectivity index (χ2v) is 5.45. The molecule has 0 amide bonds. The van der Waals surface area contributed by atoms with Crippen LogP contribution in [-0.2, 0) is 6.42 Å². The highest BCUT2D eigenvalue weighted by Crippen LogP contribution is 2.22. The number of carbonyl (C=O) groups excluding carboxylic acids is 1. The summed E-state index contributed by atoms with van der Waals surface area (Å²) >= 11 is 8.50. The van der Waals surface area contributed by atoms with Gasteiger partial charge in [0.05, 0.1) is 10.6 Å². The van der Waals surface area contributed by atoms with E-state index in [9.17, 15) is 18.0 Å². The van der Waals surface area contributed by atoms with Crippen LogP contribution in [0.5, 0.6) is 0 Å². The molecule has 0 spiro atoms. The fourth-order valence-electron chi connectivity index (χ4n) is 1.73. The molecule has 0 aliphatic rings. The molecule has 20 heavy (non-hydrogen) atoms. The summed E-state index contributed by atoms with van der Waals surface area (Å²) in [5, 5.41) is -0.396. The molecule has 0 heterocycles. The fourth-order valence-corrected chi connectivity index (χ4v) is 2.39. The Morgan fingerprint density at radius 1 is 1.05 bits per heavy atom. The second kappa shape index (κ2) is 5.97. The van der Waals surface area contributed by atoms with E-state index in [1.54, 1.807) is 0 Å². The predicted octanol–water partition coefficient (Wildman–Crippen LogP) is 4.95. The number of hydrogen-bond donors (Lipinski definition) is 0. The lowest BCUT2D eigenvalue weighted by molar-refractivity contribution is 0.0988. The Labute approximate surface area is 126 Å². The molecular formula is C14H7BrClF3O. The van der Waals surface area contributed by atoms with E-state index in [0.717, 1.165) is 18.2 Å². The highest BCUT2D eigenvalue weighted by molar-refractivity contribution is 9.10. The maximum atomic E-state index is 13.6. The molecule has 0 atom stereocenters. The normalized spacial score (nSPS) is 10.7. The van der Waals surface area contributed by atoms with Crippen LogP contribution in [0.3, 0.4) is 0 Å². The van der Waals surface area contributed by atoms with Crippen molar-refractivity contribution in [3.05, 3.63) is 68.4 Å². The Balaban J connectivity index is 2.30. The van der Waals surface area contributed by atoms with Gasteiger partial charge in [0, 0.05) is 10.9 Å². The van der Waals surface area contributed by atoms with Crippen molar-refractivity contribution in [1.29, 1.82) is 0 Å². The van der Waals surface area contributed by atoms with Gasteiger partial charge in [-0.1, -0.05) is 27.5 Å². The molecule has 0 radical (unpaired) electrons. The Kier molecular flexibility index (Phi) is 4.50. The first-order valence-electron chi connectivity index (χ1n) is 5.49. The lowest BCUT2D eigenvalue weighted by atomic mass is 10.0. The van der Waals surface area contributed by atoms with E-state index >= 15 is 0 Å². The molecule has 0 unspecified atom stereocenters. The van der Waals surface area contributed by atoms with E-state index in [1.165, 1.54) is 12.1 Å². The van der Waals surface area contributed by atoms with E-state index < -0.39 is 33.8 Å².